The fourth-order valence-electron chi connectivity index (χ4n) is 1.89. The van der Waals surface area contributed by atoms with E-state index in [9.17, 15) is 4.79 Å². The summed E-state index contributed by atoms with van der Waals surface area (Å²) in [5, 5.41) is 6.15. The summed E-state index contributed by atoms with van der Waals surface area (Å²) in [6.07, 6.45) is 1.84. The number of carbonyl (C=O) groups is 1. The summed E-state index contributed by atoms with van der Waals surface area (Å²) in [5.41, 5.74) is 1.88. The molecule has 0 radical (unpaired) electrons. The Morgan fingerprint density at radius 1 is 1.45 bits per heavy atom. The van der Waals surface area contributed by atoms with Gasteiger partial charge in [-0.3, -0.25) is 10.1 Å². The molecule has 0 aliphatic heterocycles. The average Bonchev–Trinajstić information content (AvgIpc) is 3.05. The molecule has 102 valence electrons. The van der Waals surface area contributed by atoms with E-state index >= 15 is 0 Å². The molecule has 0 saturated heterocycles. The smallest absolute Gasteiger partial charge is 0.264 e. The molecule has 2 N–H and O–H groups in total. The number of aryl methyl sites for hydroxylation is 1. The molecule has 2 heterocycles. The number of nitrogens with zero attached hydrogens (tertiary/aromatic N) is 1. The number of nitrogens with one attached hydrogen (secondary N) is 2. The van der Waals surface area contributed by atoms with Crippen molar-refractivity contribution in [3.05, 3.63) is 41.5 Å². The Balaban J connectivity index is 1.64. The van der Waals surface area contributed by atoms with Gasteiger partial charge in [0.1, 0.15) is 5.75 Å². The Morgan fingerprint density at radius 3 is 3.15 bits per heavy atom. The van der Waals surface area contributed by atoms with Gasteiger partial charge >= 0.3 is 0 Å². The Labute approximate surface area is 119 Å². The number of H-pyrrole nitrogens is 1. The van der Waals surface area contributed by atoms with Crippen LogP contribution in [0.25, 0.3) is 10.9 Å². The number of hydrogen-bond donors (Lipinski definition) is 2. The first kappa shape index (κ1) is 12.7. The molecule has 3 rings (SSSR count). The Morgan fingerprint density at radius 2 is 2.35 bits per heavy atom. The summed E-state index contributed by atoms with van der Waals surface area (Å²) in [6.45, 7) is 1.85. The lowest BCUT2D eigenvalue weighted by atomic mass is 10.2. The molecule has 0 bridgehead atoms. The largest absolute Gasteiger partial charge is 0.483 e. The minimum atomic E-state index is -0.216. The quantitative estimate of drug-likeness (QED) is 0.775. The standard InChI is InChI=1S/C14H13N3O2S/c1-9-8-20-14(16-9)17-13(18)7-19-12-4-2-3-11-10(12)5-6-15-11/h2-6,8,15H,7H2,1H3,(H,16,17,18). The first-order valence-corrected chi connectivity index (χ1v) is 7.01. The van der Waals surface area contributed by atoms with Crippen molar-refractivity contribution in [3.8, 4) is 5.75 Å². The normalized spacial score (nSPS) is 10.7. The van der Waals surface area contributed by atoms with Crippen LogP contribution < -0.4 is 10.1 Å². The van der Waals surface area contributed by atoms with Crippen LogP contribution in [0.1, 0.15) is 5.69 Å². The highest BCUT2D eigenvalue weighted by Crippen LogP contribution is 2.24. The first-order chi connectivity index (χ1) is 9.72. The van der Waals surface area contributed by atoms with Crippen LogP contribution in [0.3, 0.4) is 0 Å². The lowest BCUT2D eigenvalue weighted by Crippen LogP contribution is -2.20. The van der Waals surface area contributed by atoms with Crippen LogP contribution >= 0.6 is 11.3 Å². The number of amides is 1. The van der Waals surface area contributed by atoms with E-state index in [4.69, 9.17) is 4.74 Å². The summed E-state index contributed by atoms with van der Waals surface area (Å²) < 4.78 is 5.56. The third kappa shape index (κ3) is 2.65. The molecule has 1 aromatic carbocycles. The van der Waals surface area contributed by atoms with Gasteiger partial charge in [-0.15, -0.1) is 11.3 Å². The van der Waals surface area contributed by atoms with E-state index in [2.05, 4.69) is 15.3 Å². The summed E-state index contributed by atoms with van der Waals surface area (Å²) in [7, 11) is 0. The minimum Gasteiger partial charge on any atom is -0.483 e. The molecule has 0 aliphatic carbocycles. The number of fused-ring (bicyclic) bond motifs is 1. The lowest BCUT2D eigenvalue weighted by molar-refractivity contribution is -0.118. The second-order valence-corrected chi connectivity index (χ2v) is 5.18. The number of anilines is 1. The number of rotatable bonds is 4. The van der Waals surface area contributed by atoms with Gasteiger partial charge in [0.05, 0.1) is 5.69 Å². The molecular formula is C14H13N3O2S. The minimum absolute atomic E-state index is 0.0388. The molecule has 1 amide bonds. The zero-order chi connectivity index (χ0) is 13.9. The highest BCUT2D eigenvalue weighted by atomic mass is 32.1. The number of benzene rings is 1. The molecule has 0 fully saturated rings. The maximum absolute atomic E-state index is 11.8. The van der Waals surface area contributed by atoms with Gasteiger partial charge in [-0.25, -0.2) is 4.98 Å². The zero-order valence-electron chi connectivity index (χ0n) is 10.8. The van der Waals surface area contributed by atoms with Crippen molar-refractivity contribution in [1.82, 2.24) is 9.97 Å². The van der Waals surface area contributed by atoms with E-state index < -0.39 is 0 Å². The molecule has 6 heteroatoms. The van der Waals surface area contributed by atoms with Crippen LogP contribution in [-0.2, 0) is 4.79 Å². The summed E-state index contributed by atoms with van der Waals surface area (Å²) in [6, 6.07) is 7.61. The first-order valence-electron chi connectivity index (χ1n) is 6.13. The van der Waals surface area contributed by atoms with E-state index in [1.165, 1.54) is 11.3 Å². The van der Waals surface area contributed by atoms with Crippen molar-refractivity contribution in [2.24, 2.45) is 0 Å². The number of carbonyl (C=O) groups excluding carboxylic acids is 1. The van der Waals surface area contributed by atoms with Crippen LogP contribution in [0.2, 0.25) is 0 Å². The highest BCUT2D eigenvalue weighted by molar-refractivity contribution is 7.13. The van der Waals surface area contributed by atoms with Crippen molar-refractivity contribution in [2.45, 2.75) is 6.92 Å². The molecule has 0 spiro atoms. The summed E-state index contributed by atoms with van der Waals surface area (Å²) >= 11 is 1.40. The second kappa shape index (κ2) is 5.34. The monoisotopic (exact) mass is 287 g/mol. The van der Waals surface area contributed by atoms with E-state index in [1.807, 2.05) is 42.8 Å². The number of aromatic amines is 1. The molecule has 3 aromatic rings. The third-order valence-corrected chi connectivity index (χ3v) is 3.65. The average molecular weight is 287 g/mol. The fourth-order valence-corrected chi connectivity index (χ4v) is 2.60. The molecule has 0 atom stereocenters. The number of aromatic nitrogens is 2. The van der Waals surface area contributed by atoms with Crippen molar-refractivity contribution in [2.75, 3.05) is 11.9 Å². The number of hydrogen-bond acceptors (Lipinski definition) is 4. The molecular weight excluding hydrogens is 274 g/mol. The molecule has 0 unspecified atom stereocenters. The van der Waals surface area contributed by atoms with Crippen molar-refractivity contribution in [1.29, 1.82) is 0 Å². The Bertz CT molecular complexity index is 748. The van der Waals surface area contributed by atoms with Crippen molar-refractivity contribution in [3.63, 3.8) is 0 Å². The maximum atomic E-state index is 11.8. The predicted octanol–water partition coefficient (Wildman–Crippen LogP) is 2.95. The van der Waals surface area contributed by atoms with Crippen LogP contribution in [-0.4, -0.2) is 22.5 Å². The van der Waals surface area contributed by atoms with Gasteiger partial charge in [0.2, 0.25) is 0 Å². The van der Waals surface area contributed by atoms with Gasteiger partial charge in [0.25, 0.3) is 5.91 Å². The van der Waals surface area contributed by atoms with Gasteiger partial charge < -0.3 is 9.72 Å². The van der Waals surface area contributed by atoms with Gasteiger partial charge in [-0.2, -0.15) is 0 Å². The van der Waals surface area contributed by atoms with Crippen LogP contribution in [0.4, 0.5) is 5.13 Å². The van der Waals surface area contributed by atoms with Gasteiger partial charge in [-0.1, -0.05) is 6.07 Å². The topological polar surface area (TPSA) is 67.0 Å². The number of thiazole rings is 1. The van der Waals surface area contributed by atoms with Crippen molar-refractivity contribution < 1.29 is 9.53 Å². The lowest BCUT2D eigenvalue weighted by Gasteiger charge is -2.06. The third-order valence-electron chi connectivity index (χ3n) is 2.78. The van der Waals surface area contributed by atoms with E-state index in [1.54, 1.807) is 0 Å². The van der Waals surface area contributed by atoms with Gasteiger partial charge in [0.15, 0.2) is 11.7 Å². The Kier molecular flexibility index (Phi) is 3.39. The van der Waals surface area contributed by atoms with E-state index in [0.29, 0.717) is 10.9 Å². The fraction of sp³-hybridized carbons (Fsp3) is 0.143. The van der Waals surface area contributed by atoms with Gasteiger partial charge in [0, 0.05) is 22.5 Å². The van der Waals surface area contributed by atoms with Gasteiger partial charge in [-0.05, 0) is 25.1 Å². The van der Waals surface area contributed by atoms with Crippen molar-refractivity contribution >= 4 is 33.3 Å². The number of ether oxygens (including phenoxy) is 1. The SMILES string of the molecule is Cc1csc(NC(=O)COc2cccc3[nH]ccc23)n1. The maximum Gasteiger partial charge on any atom is 0.264 e. The zero-order valence-corrected chi connectivity index (χ0v) is 11.7. The molecule has 0 aliphatic rings. The van der Waals surface area contributed by atoms with Crippen LogP contribution in [0.5, 0.6) is 5.75 Å². The predicted molar refractivity (Wildman–Crippen MR) is 79.3 cm³/mol. The highest BCUT2D eigenvalue weighted by Gasteiger charge is 2.08. The summed E-state index contributed by atoms with van der Waals surface area (Å²) in [5.74, 6) is 0.473. The van der Waals surface area contributed by atoms with Crippen LogP contribution in [0.15, 0.2) is 35.8 Å². The van der Waals surface area contributed by atoms with E-state index in [-0.39, 0.29) is 12.5 Å². The summed E-state index contributed by atoms with van der Waals surface area (Å²) in [4.78, 5) is 19.1. The molecule has 20 heavy (non-hydrogen) atoms. The van der Waals surface area contributed by atoms with Crippen LogP contribution in [0, 0.1) is 6.92 Å². The Hall–Kier alpha value is -2.34. The molecule has 0 saturated carbocycles. The second-order valence-electron chi connectivity index (χ2n) is 4.33. The molecule has 2 aromatic heterocycles. The molecule has 5 nitrogen and oxygen atoms in total. The van der Waals surface area contributed by atoms with E-state index in [0.717, 1.165) is 16.6 Å².